The average molecular weight is 523 g/mol. The molecule has 9 heteroatoms. The van der Waals surface area contributed by atoms with Crippen molar-refractivity contribution in [1.82, 2.24) is 19.7 Å². The molecule has 2 aromatic heterocycles. The molecule has 0 unspecified atom stereocenters. The monoisotopic (exact) mass is 522 g/mol. The summed E-state index contributed by atoms with van der Waals surface area (Å²) >= 11 is 1.56. The first-order valence-electron chi connectivity index (χ1n) is 12.4. The van der Waals surface area contributed by atoms with Crippen molar-refractivity contribution in [2.75, 3.05) is 32.8 Å². The second-order valence-electron chi connectivity index (χ2n) is 9.12. The summed E-state index contributed by atoms with van der Waals surface area (Å²) in [4.78, 5) is 7.61. The maximum absolute atomic E-state index is 14.2. The highest BCUT2D eigenvalue weighted by atomic mass is 32.1. The zero-order valence-electron chi connectivity index (χ0n) is 21.4. The number of aryl methyl sites for hydroxylation is 1. The molecule has 4 aromatic rings. The van der Waals surface area contributed by atoms with E-state index in [9.17, 15) is 4.39 Å². The van der Waals surface area contributed by atoms with Crippen LogP contribution in [-0.4, -0.2) is 52.5 Å². The summed E-state index contributed by atoms with van der Waals surface area (Å²) in [7, 11) is 0. The van der Waals surface area contributed by atoms with E-state index in [1.807, 2.05) is 31.2 Å². The SMILES string of the molecule is Cc1ncc(COc2cc(F)cc(Oc3ccc(-c4nn(CCN5CCOCC5)c(C)c4C)cc3)c2)s1. The van der Waals surface area contributed by atoms with Crippen molar-refractivity contribution in [2.45, 2.75) is 33.9 Å². The molecule has 1 aliphatic heterocycles. The van der Waals surface area contributed by atoms with Gasteiger partial charge >= 0.3 is 0 Å². The molecule has 0 amide bonds. The van der Waals surface area contributed by atoms with Gasteiger partial charge in [0.05, 0.1) is 35.3 Å². The third-order valence-electron chi connectivity index (χ3n) is 6.50. The highest BCUT2D eigenvalue weighted by Gasteiger charge is 2.15. The largest absolute Gasteiger partial charge is 0.488 e. The third-order valence-corrected chi connectivity index (χ3v) is 7.38. The summed E-state index contributed by atoms with van der Waals surface area (Å²) in [5.41, 5.74) is 4.31. The van der Waals surface area contributed by atoms with Gasteiger partial charge in [0.15, 0.2) is 0 Å². The number of thiazole rings is 1. The number of halogens is 1. The fraction of sp³-hybridized carbons (Fsp3) is 0.357. The highest BCUT2D eigenvalue weighted by molar-refractivity contribution is 7.11. The minimum atomic E-state index is -0.418. The molecule has 2 aromatic carbocycles. The van der Waals surface area contributed by atoms with Crippen molar-refractivity contribution in [1.29, 1.82) is 0 Å². The van der Waals surface area contributed by atoms with E-state index in [0.29, 0.717) is 23.9 Å². The van der Waals surface area contributed by atoms with Crippen LogP contribution in [0.4, 0.5) is 4.39 Å². The Balaban J connectivity index is 1.24. The van der Waals surface area contributed by atoms with Crippen molar-refractivity contribution < 1.29 is 18.6 Å². The number of benzene rings is 2. The van der Waals surface area contributed by atoms with Gasteiger partial charge in [-0.15, -0.1) is 11.3 Å². The van der Waals surface area contributed by atoms with Crippen LogP contribution < -0.4 is 9.47 Å². The molecule has 37 heavy (non-hydrogen) atoms. The zero-order valence-corrected chi connectivity index (χ0v) is 22.2. The quantitative estimate of drug-likeness (QED) is 0.278. The fourth-order valence-corrected chi connectivity index (χ4v) is 5.02. The van der Waals surface area contributed by atoms with Crippen molar-refractivity contribution in [3.8, 4) is 28.5 Å². The fourth-order valence-electron chi connectivity index (χ4n) is 4.31. The molecule has 0 spiro atoms. The van der Waals surface area contributed by atoms with Gasteiger partial charge < -0.3 is 14.2 Å². The highest BCUT2D eigenvalue weighted by Crippen LogP contribution is 2.31. The summed E-state index contributed by atoms with van der Waals surface area (Å²) in [5, 5.41) is 5.86. The molecule has 0 atom stereocenters. The van der Waals surface area contributed by atoms with E-state index in [-0.39, 0.29) is 0 Å². The Morgan fingerprint density at radius 3 is 2.46 bits per heavy atom. The molecule has 7 nitrogen and oxygen atoms in total. The Morgan fingerprint density at radius 2 is 1.73 bits per heavy atom. The number of ether oxygens (including phenoxy) is 3. The lowest BCUT2D eigenvalue weighted by atomic mass is 10.1. The smallest absolute Gasteiger partial charge is 0.134 e. The molecule has 194 valence electrons. The number of nitrogens with zero attached hydrogens (tertiary/aromatic N) is 4. The van der Waals surface area contributed by atoms with Crippen molar-refractivity contribution in [2.24, 2.45) is 0 Å². The van der Waals surface area contributed by atoms with E-state index in [2.05, 4.69) is 28.4 Å². The first-order valence-corrected chi connectivity index (χ1v) is 13.2. The van der Waals surface area contributed by atoms with Crippen LogP contribution in [0.2, 0.25) is 0 Å². The van der Waals surface area contributed by atoms with Crippen LogP contribution in [0.1, 0.15) is 21.1 Å². The van der Waals surface area contributed by atoms with E-state index in [1.165, 1.54) is 23.4 Å². The van der Waals surface area contributed by atoms with Gasteiger partial charge in [-0.1, -0.05) is 0 Å². The summed E-state index contributed by atoms with van der Waals surface area (Å²) in [6.07, 6.45) is 1.77. The summed E-state index contributed by atoms with van der Waals surface area (Å²) in [6, 6.07) is 12.1. The third kappa shape index (κ3) is 6.36. The molecular formula is C28H31FN4O3S. The van der Waals surface area contributed by atoms with Crippen molar-refractivity contribution in [3.63, 3.8) is 0 Å². The van der Waals surface area contributed by atoms with Crippen LogP contribution in [0.5, 0.6) is 17.2 Å². The van der Waals surface area contributed by atoms with E-state index in [0.717, 1.165) is 60.5 Å². The Kier molecular flexibility index (Phi) is 7.83. The van der Waals surface area contributed by atoms with Crippen LogP contribution in [-0.2, 0) is 17.9 Å². The first-order chi connectivity index (χ1) is 17.9. The molecule has 3 heterocycles. The van der Waals surface area contributed by atoms with Gasteiger partial charge in [-0.3, -0.25) is 9.58 Å². The number of rotatable bonds is 9. The molecule has 0 bridgehead atoms. The summed E-state index contributed by atoms with van der Waals surface area (Å²) in [6.45, 7) is 11.8. The molecule has 1 aliphatic rings. The molecule has 0 radical (unpaired) electrons. The van der Waals surface area contributed by atoms with Crippen LogP contribution >= 0.6 is 11.3 Å². The van der Waals surface area contributed by atoms with Crippen molar-refractivity contribution >= 4 is 11.3 Å². The minimum Gasteiger partial charge on any atom is -0.488 e. The number of hydrogen-bond donors (Lipinski definition) is 0. The average Bonchev–Trinajstić information content (AvgIpc) is 3.44. The summed E-state index contributed by atoms with van der Waals surface area (Å²) in [5.74, 6) is 0.979. The molecule has 1 fully saturated rings. The van der Waals surface area contributed by atoms with Crippen LogP contribution in [0.15, 0.2) is 48.7 Å². The molecule has 1 saturated heterocycles. The van der Waals surface area contributed by atoms with E-state index < -0.39 is 5.82 Å². The number of aromatic nitrogens is 3. The van der Waals surface area contributed by atoms with E-state index in [4.69, 9.17) is 19.3 Å². The number of hydrogen-bond acceptors (Lipinski definition) is 7. The van der Waals surface area contributed by atoms with Gasteiger partial charge in [0.1, 0.15) is 29.7 Å². The first kappa shape index (κ1) is 25.4. The lowest BCUT2D eigenvalue weighted by molar-refractivity contribution is 0.0359. The Labute approximate surface area is 220 Å². The molecule has 5 rings (SSSR count). The molecule has 0 saturated carbocycles. The number of morpholine rings is 1. The maximum Gasteiger partial charge on any atom is 0.134 e. The Bertz CT molecular complexity index is 1350. The predicted octanol–water partition coefficient (Wildman–Crippen LogP) is 5.77. The van der Waals surface area contributed by atoms with Gasteiger partial charge in [-0.25, -0.2) is 9.37 Å². The van der Waals surface area contributed by atoms with E-state index >= 15 is 0 Å². The molecule has 0 aliphatic carbocycles. The van der Waals surface area contributed by atoms with Gasteiger partial charge in [0.25, 0.3) is 0 Å². The van der Waals surface area contributed by atoms with E-state index in [1.54, 1.807) is 23.6 Å². The normalized spacial score (nSPS) is 14.2. The molecule has 0 N–H and O–H groups in total. The lowest BCUT2D eigenvalue weighted by Crippen LogP contribution is -2.38. The van der Waals surface area contributed by atoms with Crippen molar-refractivity contribution in [3.05, 3.63) is 75.6 Å². The second-order valence-corrected chi connectivity index (χ2v) is 10.4. The topological polar surface area (TPSA) is 61.6 Å². The molecular weight excluding hydrogens is 491 g/mol. The van der Waals surface area contributed by atoms with Crippen LogP contribution in [0, 0.1) is 26.6 Å². The summed E-state index contributed by atoms with van der Waals surface area (Å²) < 4.78 is 33.5. The van der Waals surface area contributed by atoms with Gasteiger partial charge in [-0.05, 0) is 50.6 Å². The zero-order chi connectivity index (χ0) is 25.8. The van der Waals surface area contributed by atoms with Gasteiger partial charge in [0.2, 0.25) is 0 Å². The predicted molar refractivity (Wildman–Crippen MR) is 142 cm³/mol. The maximum atomic E-state index is 14.2. The standard InChI is InChI=1S/C28H31FN4O3S/c1-19-20(2)33(9-8-32-10-12-34-13-11-32)31-28(19)22-4-6-24(7-5-22)36-26-15-23(29)14-25(16-26)35-18-27-17-30-21(3)37-27/h4-7,14-17H,8-13,18H2,1-3H3. The van der Waals surface area contributed by atoms with Crippen LogP contribution in [0.25, 0.3) is 11.3 Å². The van der Waals surface area contributed by atoms with Crippen LogP contribution in [0.3, 0.4) is 0 Å². The van der Waals surface area contributed by atoms with Gasteiger partial charge in [-0.2, -0.15) is 5.10 Å². The van der Waals surface area contributed by atoms with Gasteiger partial charge in [0, 0.05) is 55.3 Å². The Morgan fingerprint density at radius 1 is 0.973 bits per heavy atom. The lowest BCUT2D eigenvalue weighted by Gasteiger charge is -2.26. The minimum absolute atomic E-state index is 0.334. The Hall–Kier alpha value is -3.27. The second kappa shape index (κ2) is 11.4.